The topological polar surface area (TPSA) is 95.7 Å². The van der Waals surface area contributed by atoms with Crippen molar-refractivity contribution in [1.29, 1.82) is 0 Å². The fraction of sp³-hybridized carbons (Fsp3) is 0.400. The number of aromatic nitrogens is 2. The summed E-state index contributed by atoms with van der Waals surface area (Å²) >= 11 is 0. The third-order valence-corrected chi connectivity index (χ3v) is 4.87. The summed E-state index contributed by atoms with van der Waals surface area (Å²) in [6.45, 7) is 1.40. The SMILES string of the molecule is Cn1c(N2C[C@@H]3C(C(=O)O)[C@@H]3C2)nc2cc(C(=O)O)ccc21. The first-order valence-corrected chi connectivity index (χ1v) is 7.15. The minimum Gasteiger partial charge on any atom is -0.481 e. The number of carboxylic acid groups (broad SMARTS) is 2. The van der Waals surface area contributed by atoms with E-state index in [1.807, 2.05) is 11.6 Å². The van der Waals surface area contributed by atoms with Gasteiger partial charge in [-0.05, 0) is 30.0 Å². The van der Waals surface area contributed by atoms with Crippen molar-refractivity contribution in [2.75, 3.05) is 18.0 Å². The number of benzene rings is 1. The van der Waals surface area contributed by atoms with Gasteiger partial charge < -0.3 is 19.7 Å². The molecule has 4 rings (SSSR count). The number of carboxylic acids is 2. The number of rotatable bonds is 3. The highest BCUT2D eigenvalue weighted by molar-refractivity contribution is 5.93. The van der Waals surface area contributed by atoms with E-state index in [1.54, 1.807) is 18.2 Å². The van der Waals surface area contributed by atoms with Crippen LogP contribution in [0.4, 0.5) is 5.95 Å². The third-order valence-electron chi connectivity index (χ3n) is 4.87. The first kappa shape index (κ1) is 13.1. The fourth-order valence-corrected chi connectivity index (χ4v) is 3.66. The van der Waals surface area contributed by atoms with Crippen molar-refractivity contribution in [3.05, 3.63) is 23.8 Å². The van der Waals surface area contributed by atoms with Crippen LogP contribution in [-0.4, -0.2) is 44.8 Å². The average molecular weight is 301 g/mol. The van der Waals surface area contributed by atoms with Crippen LogP contribution >= 0.6 is 0 Å². The molecule has 3 atom stereocenters. The monoisotopic (exact) mass is 301 g/mol. The van der Waals surface area contributed by atoms with Crippen LogP contribution in [0.25, 0.3) is 11.0 Å². The lowest BCUT2D eigenvalue weighted by molar-refractivity contribution is -0.139. The van der Waals surface area contributed by atoms with Crippen molar-refractivity contribution < 1.29 is 19.8 Å². The number of anilines is 1. The van der Waals surface area contributed by atoms with Crippen LogP contribution in [0.1, 0.15) is 10.4 Å². The minimum atomic E-state index is -0.971. The van der Waals surface area contributed by atoms with Crippen molar-refractivity contribution in [2.24, 2.45) is 24.8 Å². The van der Waals surface area contributed by atoms with Crippen molar-refractivity contribution in [2.45, 2.75) is 0 Å². The van der Waals surface area contributed by atoms with Gasteiger partial charge >= 0.3 is 11.9 Å². The van der Waals surface area contributed by atoms with E-state index >= 15 is 0 Å². The van der Waals surface area contributed by atoms with E-state index < -0.39 is 11.9 Å². The zero-order valence-electron chi connectivity index (χ0n) is 11.9. The molecule has 7 heteroatoms. The molecule has 114 valence electrons. The Kier molecular flexibility index (Phi) is 2.52. The van der Waals surface area contributed by atoms with Crippen LogP contribution in [0.5, 0.6) is 0 Å². The standard InChI is InChI=1S/C15H15N3O4/c1-17-11-3-2-7(13(19)20)4-10(11)16-15(17)18-5-8-9(6-18)12(8)14(21)22/h2-4,8-9,12H,5-6H2,1H3,(H,19,20)(H,21,22)/t8-,9+,12?. The van der Waals surface area contributed by atoms with E-state index in [2.05, 4.69) is 9.88 Å². The van der Waals surface area contributed by atoms with Crippen LogP contribution in [0.2, 0.25) is 0 Å². The number of hydrogen-bond donors (Lipinski definition) is 2. The normalized spacial score (nSPS) is 26.2. The summed E-state index contributed by atoms with van der Waals surface area (Å²) in [6, 6.07) is 4.89. The van der Waals surface area contributed by atoms with Gasteiger partial charge in [0, 0.05) is 20.1 Å². The van der Waals surface area contributed by atoms with Gasteiger partial charge in [0.15, 0.2) is 0 Å². The highest BCUT2D eigenvalue weighted by Gasteiger charge is 2.60. The Balaban J connectivity index is 1.65. The van der Waals surface area contributed by atoms with Crippen molar-refractivity contribution >= 4 is 28.9 Å². The second-order valence-corrected chi connectivity index (χ2v) is 6.08. The van der Waals surface area contributed by atoms with Gasteiger partial charge in [0.2, 0.25) is 5.95 Å². The third kappa shape index (κ3) is 1.71. The number of carbonyl (C=O) groups is 2. The molecule has 1 aliphatic carbocycles. The van der Waals surface area contributed by atoms with Gasteiger partial charge in [-0.25, -0.2) is 9.78 Å². The van der Waals surface area contributed by atoms with Gasteiger partial charge in [0.25, 0.3) is 0 Å². The molecule has 2 fully saturated rings. The average Bonchev–Trinajstić information content (AvgIpc) is 2.83. The molecule has 1 aromatic carbocycles. The molecular formula is C15H15N3O4. The molecule has 2 N–H and O–H groups in total. The van der Waals surface area contributed by atoms with E-state index in [0.29, 0.717) is 18.6 Å². The molecule has 0 radical (unpaired) electrons. The van der Waals surface area contributed by atoms with Gasteiger partial charge in [-0.2, -0.15) is 0 Å². The Morgan fingerprint density at radius 3 is 2.50 bits per heavy atom. The Bertz CT molecular complexity index is 800. The number of aryl methyl sites for hydroxylation is 1. The summed E-state index contributed by atoms with van der Waals surface area (Å²) < 4.78 is 1.93. The molecule has 0 amide bonds. The van der Waals surface area contributed by atoms with Gasteiger partial charge in [0.05, 0.1) is 22.5 Å². The van der Waals surface area contributed by atoms with Crippen molar-refractivity contribution in [1.82, 2.24) is 9.55 Å². The van der Waals surface area contributed by atoms with E-state index in [0.717, 1.165) is 11.5 Å². The summed E-state index contributed by atoms with van der Waals surface area (Å²) in [4.78, 5) is 28.7. The first-order chi connectivity index (χ1) is 10.5. The Hall–Kier alpha value is -2.57. The summed E-state index contributed by atoms with van der Waals surface area (Å²) in [5.41, 5.74) is 1.73. The lowest BCUT2D eigenvalue weighted by atomic mass is 10.2. The Morgan fingerprint density at radius 2 is 1.91 bits per heavy atom. The van der Waals surface area contributed by atoms with Crippen LogP contribution in [0.15, 0.2) is 18.2 Å². The van der Waals surface area contributed by atoms with Crippen molar-refractivity contribution in [3.8, 4) is 0 Å². The Labute approximate surface area is 125 Å². The predicted octanol–water partition coefficient (Wildman–Crippen LogP) is 1.04. The second kappa shape index (κ2) is 4.22. The predicted molar refractivity (Wildman–Crippen MR) is 78.0 cm³/mol. The lowest BCUT2D eigenvalue weighted by Crippen LogP contribution is -2.28. The molecule has 0 bridgehead atoms. The minimum absolute atomic E-state index is 0.204. The summed E-state index contributed by atoms with van der Waals surface area (Å²) in [5.74, 6) is -0.677. The number of hydrogen-bond acceptors (Lipinski definition) is 4. The second-order valence-electron chi connectivity index (χ2n) is 6.08. The van der Waals surface area contributed by atoms with Crippen LogP contribution in [0, 0.1) is 17.8 Å². The maximum atomic E-state index is 11.0. The van der Waals surface area contributed by atoms with Gasteiger partial charge in [-0.3, -0.25) is 4.79 Å². The number of fused-ring (bicyclic) bond motifs is 2. The van der Waals surface area contributed by atoms with Crippen LogP contribution in [0.3, 0.4) is 0 Å². The molecule has 2 heterocycles. The maximum absolute atomic E-state index is 11.0. The number of aliphatic carboxylic acids is 1. The number of piperidine rings is 1. The number of aromatic carboxylic acids is 1. The summed E-state index contributed by atoms with van der Waals surface area (Å²) in [6.07, 6.45) is 0. The van der Waals surface area contributed by atoms with Gasteiger partial charge in [0.1, 0.15) is 0 Å². The molecule has 1 saturated carbocycles. The molecule has 1 aliphatic heterocycles. The van der Waals surface area contributed by atoms with Gasteiger partial charge in [-0.1, -0.05) is 0 Å². The van der Waals surface area contributed by atoms with E-state index in [1.165, 1.54) is 0 Å². The smallest absolute Gasteiger partial charge is 0.335 e. The van der Waals surface area contributed by atoms with E-state index in [9.17, 15) is 9.59 Å². The molecule has 7 nitrogen and oxygen atoms in total. The highest BCUT2D eigenvalue weighted by Crippen LogP contribution is 2.52. The summed E-state index contributed by atoms with van der Waals surface area (Å²) in [7, 11) is 1.89. The van der Waals surface area contributed by atoms with Gasteiger partial charge in [-0.15, -0.1) is 0 Å². The molecule has 0 spiro atoms. The quantitative estimate of drug-likeness (QED) is 0.879. The fourth-order valence-electron chi connectivity index (χ4n) is 3.66. The number of nitrogens with zero attached hydrogens (tertiary/aromatic N) is 3. The largest absolute Gasteiger partial charge is 0.481 e. The number of imidazole rings is 1. The molecule has 1 aromatic heterocycles. The van der Waals surface area contributed by atoms with E-state index in [4.69, 9.17) is 10.2 Å². The first-order valence-electron chi connectivity index (χ1n) is 7.15. The highest BCUT2D eigenvalue weighted by atomic mass is 16.4. The lowest BCUT2D eigenvalue weighted by Gasteiger charge is -2.20. The van der Waals surface area contributed by atoms with Crippen LogP contribution < -0.4 is 4.90 Å². The molecular weight excluding hydrogens is 286 g/mol. The molecule has 2 aromatic rings. The Morgan fingerprint density at radius 1 is 1.23 bits per heavy atom. The zero-order chi connectivity index (χ0) is 15.6. The summed E-state index contributed by atoms with van der Waals surface area (Å²) in [5, 5.41) is 18.1. The van der Waals surface area contributed by atoms with Crippen molar-refractivity contribution in [3.63, 3.8) is 0 Å². The maximum Gasteiger partial charge on any atom is 0.335 e. The van der Waals surface area contributed by atoms with Crippen LogP contribution in [-0.2, 0) is 11.8 Å². The molecule has 2 aliphatic rings. The molecule has 1 saturated heterocycles. The molecule has 1 unspecified atom stereocenters. The molecule has 22 heavy (non-hydrogen) atoms. The van der Waals surface area contributed by atoms with E-state index in [-0.39, 0.29) is 23.3 Å². The zero-order valence-corrected chi connectivity index (χ0v) is 11.9.